The fourth-order valence-corrected chi connectivity index (χ4v) is 5.08. The van der Waals surface area contributed by atoms with Crippen LogP contribution in [0.1, 0.15) is 18.9 Å². The third-order valence-corrected chi connectivity index (χ3v) is 7.15. The van der Waals surface area contributed by atoms with E-state index >= 15 is 0 Å². The monoisotopic (exact) mass is 539 g/mol. The van der Waals surface area contributed by atoms with Crippen molar-refractivity contribution < 1.29 is 4.74 Å². The van der Waals surface area contributed by atoms with Crippen molar-refractivity contribution in [1.82, 2.24) is 24.4 Å². The number of ether oxygens (including phenoxy) is 1. The fraction of sp³-hybridized carbons (Fsp3) is 0.103. The van der Waals surface area contributed by atoms with Crippen LogP contribution in [-0.2, 0) is 0 Å². The number of hydrogen-bond acceptors (Lipinski definition) is 6. The number of hydrogen-bond donors (Lipinski definition) is 0. The first-order valence-electron chi connectivity index (χ1n) is 12.1. The van der Waals surface area contributed by atoms with Crippen molar-refractivity contribution in [3.05, 3.63) is 111 Å². The highest BCUT2D eigenvalue weighted by Gasteiger charge is 2.15. The summed E-state index contributed by atoms with van der Waals surface area (Å²) in [5, 5.41) is 9.95. The van der Waals surface area contributed by atoms with Crippen molar-refractivity contribution in [3.63, 3.8) is 0 Å². The van der Waals surface area contributed by atoms with E-state index in [0.29, 0.717) is 26.9 Å². The molecule has 0 unspecified atom stereocenters. The molecule has 0 fully saturated rings. The van der Waals surface area contributed by atoms with Gasteiger partial charge >= 0.3 is 0 Å². The zero-order valence-corrected chi connectivity index (χ0v) is 22.0. The van der Waals surface area contributed by atoms with Crippen LogP contribution in [0.5, 0.6) is 5.75 Å². The van der Waals surface area contributed by atoms with E-state index in [1.54, 1.807) is 12.1 Å². The lowest BCUT2D eigenvalue weighted by Crippen LogP contribution is -2.23. The third-order valence-electron chi connectivity index (χ3n) is 5.93. The highest BCUT2D eigenvalue weighted by molar-refractivity contribution is 7.15. The van der Waals surface area contributed by atoms with E-state index in [1.165, 1.54) is 15.9 Å². The molecule has 0 saturated carbocycles. The number of halogens is 1. The van der Waals surface area contributed by atoms with Crippen LogP contribution in [0.25, 0.3) is 39.4 Å². The summed E-state index contributed by atoms with van der Waals surface area (Å²) in [4.78, 5) is 18.4. The smallest absolute Gasteiger partial charge is 0.291 e. The van der Waals surface area contributed by atoms with Gasteiger partial charge in [-0.05, 0) is 73.2 Å². The maximum absolute atomic E-state index is 13.3. The molecule has 3 heterocycles. The molecule has 3 aromatic carbocycles. The van der Waals surface area contributed by atoms with Crippen LogP contribution in [0.2, 0.25) is 5.02 Å². The second-order valence-electron chi connectivity index (χ2n) is 8.64. The molecule has 6 aromatic rings. The molecular weight excluding hydrogens is 518 g/mol. The van der Waals surface area contributed by atoms with Crippen LogP contribution in [0.4, 0.5) is 0 Å². The first kappa shape index (κ1) is 24.1. The normalized spacial score (nSPS) is 11.9. The largest absolute Gasteiger partial charge is 0.494 e. The minimum Gasteiger partial charge on any atom is -0.494 e. The summed E-state index contributed by atoms with van der Waals surface area (Å²) in [6.45, 7) is 2.74. The Balaban J connectivity index is 1.43. The van der Waals surface area contributed by atoms with Gasteiger partial charge in [0.05, 0.1) is 16.8 Å². The molecule has 3 aromatic heterocycles. The van der Waals surface area contributed by atoms with Crippen molar-refractivity contribution in [2.45, 2.75) is 13.3 Å². The molecule has 0 N–H and O–H groups in total. The molecule has 0 radical (unpaired) electrons. The van der Waals surface area contributed by atoms with Gasteiger partial charge in [0.25, 0.3) is 5.56 Å². The zero-order chi connectivity index (χ0) is 26.1. The third kappa shape index (κ3) is 4.71. The summed E-state index contributed by atoms with van der Waals surface area (Å²) < 4.78 is 9.44. The Kier molecular flexibility index (Phi) is 6.49. The molecule has 7 nitrogen and oxygen atoms in total. The van der Waals surface area contributed by atoms with E-state index in [1.807, 2.05) is 83.7 Å². The molecule has 38 heavy (non-hydrogen) atoms. The van der Waals surface area contributed by atoms with Gasteiger partial charge in [0, 0.05) is 27.9 Å². The summed E-state index contributed by atoms with van der Waals surface area (Å²) in [5.74, 6) is 1.30. The Morgan fingerprint density at radius 3 is 2.39 bits per heavy atom. The van der Waals surface area contributed by atoms with E-state index in [4.69, 9.17) is 21.4 Å². The minimum atomic E-state index is -0.223. The maximum Gasteiger partial charge on any atom is 0.291 e. The number of benzene rings is 3. The van der Waals surface area contributed by atoms with E-state index in [-0.39, 0.29) is 5.56 Å². The SMILES string of the molecule is CCCOc1ccc(-c2nn(-c3ccccc3)cc2C=c2sc3nc(-c4ccc(Cl)cc4)nn3c2=O)cc1. The number of rotatable bonds is 7. The lowest BCUT2D eigenvalue weighted by Gasteiger charge is -2.05. The lowest BCUT2D eigenvalue weighted by atomic mass is 10.1. The van der Waals surface area contributed by atoms with E-state index in [2.05, 4.69) is 17.0 Å². The fourth-order valence-electron chi connectivity index (χ4n) is 4.06. The first-order chi connectivity index (χ1) is 18.6. The van der Waals surface area contributed by atoms with Gasteiger partial charge in [0.1, 0.15) is 11.4 Å². The molecule has 0 amide bonds. The summed E-state index contributed by atoms with van der Waals surface area (Å²) >= 11 is 7.29. The van der Waals surface area contributed by atoms with Gasteiger partial charge in [-0.15, -0.1) is 5.10 Å². The van der Waals surface area contributed by atoms with Gasteiger partial charge in [-0.2, -0.15) is 14.6 Å². The van der Waals surface area contributed by atoms with Crippen LogP contribution < -0.4 is 14.8 Å². The highest BCUT2D eigenvalue weighted by Crippen LogP contribution is 2.27. The molecule has 0 aliphatic rings. The second-order valence-corrected chi connectivity index (χ2v) is 10.1. The lowest BCUT2D eigenvalue weighted by molar-refractivity contribution is 0.317. The van der Waals surface area contributed by atoms with Crippen LogP contribution in [0, 0.1) is 0 Å². The van der Waals surface area contributed by atoms with Crippen LogP contribution in [-0.4, -0.2) is 31.0 Å². The van der Waals surface area contributed by atoms with Crippen molar-refractivity contribution in [2.75, 3.05) is 6.61 Å². The zero-order valence-electron chi connectivity index (χ0n) is 20.4. The Morgan fingerprint density at radius 2 is 1.68 bits per heavy atom. The Labute approximate surface area is 227 Å². The summed E-state index contributed by atoms with van der Waals surface area (Å²) in [6.07, 6.45) is 4.73. The van der Waals surface area contributed by atoms with E-state index in [0.717, 1.165) is 40.2 Å². The van der Waals surface area contributed by atoms with Crippen molar-refractivity contribution in [2.24, 2.45) is 0 Å². The predicted molar refractivity (Wildman–Crippen MR) is 151 cm³/mol. The molecular formula is C29H22ClN5O2S. The molecule has 0 aliphatic carbocycles. The molecule has 9 heteroatoms. The van der Waals surface area contributed by atoms with Crippen LogP contribution in [0.15, 0.2) is 89.9 Å². The van der Waals surface area contributed by atoms with Crippen molar-refractivity contribution >= 4 is 34.0 Å². The highest BCUT2D eigenvalue weighted by atomic mass is 35.5. The van der Waals surface area contributed by atoms with Gasteiger partial charge < -0.3 is 4.74 Å². The summed E-state index contributed by atoms with van der Waals surface area (Å²) in [7, 11) is 0. The first-order valence-corrected chi connectivity index (χ1v) is 13.3. The summed E-state index contributed by atoms with van der Waals surface area (Å²) in [6, 6.07) is 24.9. The van der Waals surface area contributed by atoms with Crippen molar-refractivity contribution in [1.29, 1.82) is 0 Å². The number of aromatic nitrogens is 5. The van der Waals surface area contributed by atoms with Crippen molar-refractivity contribution in [3.8, 4) is 34.1 Å². The van der Waals surface area contributed by atoms with Gasteiger partial charge in [-0.25, -0.2) is 4.68 Å². The van der Waals surface area contributed by atoms with Gasteiger partial charge in [0.15, 0.2) is 5.82 Å². The van der Waals surface area contributed by atoms with Gasteiger partial charge in [-0.3, -0.25) is 4.79 Å². The van der Waals surface area contributed by atoms with E-state index < -0.39 is 0 Å². The Hall–Kier alpha value is -4.27. The standard InChI is InChI=1S/C29H22ClN5O2S/c1-2-16-37-24-14-10-19(11-15-24)26-21(18-34(32-26)23-6-4-3-5-7-23)17-25-28(36)35-29(38-25)31-27(33-35)20-8-12-22(30)13-9-20/h3-15,17-18H,2,16H2,1H3. The maximum atomic E-state index is 13.3. The summed E-state index contributed by atoms with van der Waals surface area (Å²) in [5.41, 5.74) is 4.00. The molecule has 0 saturated heterocycles. The average Bonchev–Trinajstić information content (AvgIpc) is 3.64. The second kappa shape index (κ2) is 10.2. The quantitative estimate of drug-likeness (QED) is 0.262. The minimum absolute atomic E-state index is 0.223. The number of fused-ring (bicyclic) bond motifs is 1. The topological polar surface area (TPSA) is 74.3 Å². The van der Waals surface area contributed by atoms with E-state index in [9.17, 15) is 4.79 Å². The molecule has 0 bridgehead atoms. The van der Waals surface area contributed by atoms with Crippen LogP contribution >= 0.6 is 22.9 Å². The van der Waals surface area contributed by atoms with Gasteiger partial charge in [0.2, 0.25) is 4.96 Å². The number of para-hydroxylation sites is 1. The van der Waals surface area contributed by atoms with Crippen LogP contribution in [0.3, 0.4) is 0 Å². The Morgan fingerprint density at radius 1 is 0.947 bits per heavy atom. The number of nitrogens with zero attached hydrogens (tertiary/aromatic N) is 5. The molecule has 0 spiro atoms. The Bertz CT molecular complexity index is 1820. The predicted octanol–water partition coefficient (Wildman–Crippen LogP) is 5.66. The molecule has 6 rings (SSSR count). The molecule has 188 valence electrons. The van der Waals surface area contributed by atoms with Gasteiger partial charge in [-0.1, -0.05) is 48.1 Å². The number of thiazole rings is 1. The molecule has 0 aliphatic heterocycles. The average molecular weight is 540 g/mol. The molecule has 0 atom stereocenters.